The van der Waals surface area contributed by atoms with Crippen LogP contribution in [-0.2, 0) is 28.7 Å². The normalized spacial score (nSPS) is 21.9. The second-order valence-corrected chi connectivity index (χ2v) is 9.41. The van der Waals surface area contributed by atoms with E-state index in [0.29, 0.717) is 13.0 Å². The van der Waals surface area contributed by atoms with E-state index in [-0.39, 0.29) is 17.2 Å². The molecule has 2 aromatic carbocycles. The zero-order valence-electron chi connectivity index (χ0n) is 18.2. The van der Waals surface area contributed by atoms with E-state index >= 15 is 0 Å². The molecule has 2 aromatic rings. The fraction of sp³-hybridized carbons (Fsp3) is 0.458. The molecule has 1 aliphatic heterocycles. The molecule has 1 heterocycles. The lowest BCUT2D eigenvalue weighted by Crippen LogP contribution is -2.43. The molecule has 1 saturated heterocycles. The van der Waals surface area contributed by atoms with Gasteiger partial charge in [0.15, 0.2) is 0 Å². The Hall–Kier alpha value is -2.31. The lowest BCUT2D eigenvalue weighted by atomic mass is 9.75. The number of hydrogen-bond donors (Lipinski definition) is 1. The fourth-order valence-corrected chi connectivity index (χ4v) is 4.28. The van der Waals surface area contributed by atoms with Crippen LogP contribution in [0.3, 0.4) is 0 Å². The van der Waals surface area contributed by atoms with Crippen LogP contribution in [0.4, 0.5) is 4.79 Å². The minimum absolute atomic E-state index is 0.0382. The Morgan fingerprint density at radius 1 is 1.07 bits per heavy atom. The summed E-state index contributed by atoms with van der Waals surface area (Å²) in [6.07, 6.45) is 1.56. The van der Waals surface area contributed by atoms with Gasteiger partial charge in [-0.15, -0.1) is 0 Å². The molecule has 1 aliphatic carbocycles. The first-order valence-electron chi connectivity index (χ1n) is 10.7. The molecule has 1 atom stereocenters. The highest BCUT2D eigenvalue weighted by Gasteiger charge is 2.51. The standard InChI is InChI=1S/C24H30BNO4/c1-23(2)24(3,4)30-25(29-23)20-12-10-18-11-13-21(15-19(18)14-20)26(22(27)28)16-17-8-6-5-7-9-17/h5-10,12,14,21H,11,13,15-16H2,1-4H3,(H,27,28). The molecule has 1 N–H and O–H groups in total. The summed E-state index contributed by atoms with van der Waals surface area (Å²) >= 11 is 0. The first-order chi connectivity index (χ1) is 14.2. The van der Waals surface area contributed by atoms with Crippen molar-refractivity contribution < 1.29 is 19.2 Å². The average molecular weight is 407 g/mol. The predicted molar refractivity (Wildman–Crippen MR) is 118 cm³/mol. The zero-order chi connectivity index (χ0) is 21.5. The SMILES string of the molecule is CC1(C)OB(c2ccc3c(c2)CC(N(Cc2ccccc2)C(=O)O)CC3)OC1(C)C. The van der Waals surface area contributed by atoms with Crippen LogP contribution < -0.4 is 5.46 Å². The van der Waals surface area contributed by atoms with Gasteiger partial charge in [-0.05, 0) is 69.1 Å². The van der Waals surface area contributed by atoms with E-state index in [1.54, 1.807) is 4.90 Å². The quantitative estimate of drug-likeness (QED) is 0.778. The summed E-state index contributed by atoms with van der Waals surface area (Å²) in [5.41, 5.74) is 3.72. The Balaban J connectivity index is 1.54. The van der Waals surface area contributed by atoms with E-state index in [4.69, 9.17) is 9.31 Å². The van der Waals surface area contributed by atoms with Gasteiger partial charge in [0.05, 0.1) is 11.2 Å². The summed E-state index contributed by atoms with van der Waals surface area (Å²) in [4.78, 5) is 13.6. The topological polar surface area (TPSA) is 59.0 Å². The summed E-state index contributed by atoms with van der Waals surface area (Å²) in [5.74, 6) is 0. The van der Waals surface area contributed by atoms with Crippen molar-refractivity contribution in [3.63, 3.8) is 0 Å². The molecule has 30 heavy (non-hydrogen) atoms. The third-order valence-electron chi connectivity index (χ3n) is 6.84. The molecule has 1 amide bonds. The van der Waals surface area contributed by atoms with Gasteiger partial charge in [-0.3, -0.25) is 0 Å². The molecular weight excluding hydrogens is 377 g/mol. The number of nitrogens with zero attached hydrogens (tertiary/aromatic N) is 1. The average Bonchev–Trinajstić information content (AvgIpc) is 2.93. The number of amides is 1. The van der Waals surface area contributed by atoms with E-state index in [9.17, 15) is 9.90 Å². The van der Waals surface area contributed by atoms with Gasteiger partial charge in [-0.1, -0.05) is 48.5 Å². The van der Waals surface area contributed by atoms with Crippen molar-refractivity contribution in [2.75, 3.05) is 0 Å². The van der Waals surface area contributed by atoms with Crippen molar-refractivity contribution in [3.8, 4) is 0 Å². The Kier molecular flexibility index (Phi) is 5.41. The van der Waals surface area contributed by atoms with E-state index in [1.165, 1.54) is 11.1 Å². The molecule has 0 spiro atoms. The first kappa shape index (κ1) is 20.9. The molecule has 0 radical (unpaired) electrons. The van der Waals surface area contributed by atoms with Gasteiger partial charge >= 0.3 is 13.2 Å². The fourth-order valence-electron chi connectivity index (χ4n) is 4.28. The lowest BCUT2D eigenvalue weighted by Gasteiger charge is -2.33. The maximum absolute atomic E-state index is 12.0. The molecule has 4 rings (SSSR count). The Morgan fingerprint density at radius 3 is 2.37 bits per heavy atom. The van der Waals surface area contributed by atoms with E-state index in [0.717, 1.165) is 23.9 Å². The third kappa shape index (κ3) is 3.99. The number of carbonyl (C=O) groups is 1. The van der Waals surface area contributed by atoms with Crippen molar-refractivity contribution in [1.29, 1.82) is 0 Å². The molecule has 1 fully saturated rings. The number of carboxylic acid groups (broad SMARTS) is 1. The zero-order valence-corrected chi connectivity index (χ0v) is 18.2. The van der Waals surface area contributed by atoms with Crippen LogP contribution in [0.1, 0.15) is 50.8 Å². The van der Waals surface area contributed by atoms with Gasteiger partial charge in [-0.25, -0.2) is 4.79 Å². The highest BCUT2D eigenvalue weighted by Crippen LogP contribution is 2.37. The molecular formula is C24H30BNO4. The molecule has 0 bridgehead atoms. The maximum Gasteiger partial charge on any atom is 0.494 e. The third-order valence-corrected chi connectivity index (χ3v) is 6.84. The van der Waals surface area contributed by atoms with Crippen LogP contribution in [0.25, 0.3) is 0 Å². The van der Waals surface area contributed by atoms with Crippen LogP contribution in [0.2, 0.25) is 0 Å². The molecule has 5 nitrogen and oxygen atoms in total. The first-order valence-corrected chi connectivity index (χ1v) is 10.7. The summed E-state index contributed by atoms with van der Waals surface area (Å²) in [6.45, 7) is 8.62. The molecule has 2 aliphatic rings. The van der Waals surface area contributed by atoms with Gasteiger partial charge in [0.25, 0.3) is 0 Å². The van der Waals surface area contributed by atoms with Crippen LogP contribution in [0.15, 0.2) is 48.5 Å². The molecule has 0 aromatic heterocycles. The van der Waals surface area contributed by atoms with E-state index in [2.05, 4.69) is 45.9 Å². The number of hydrogen-bond acceptors (Lipinski definition) is 3. The van der Waals surface area contributed by atoms with Gasteiger partial charge in [0, 0.05) is 12.6 Å². The van der Waals surface area contributed by atoms with Crippen LogP contribution in [0.5, 0.6) is 0 Å². The minimum Gasteiger partial charge on any atom is -0.465 e. The number of fused-ring (bicyclic) bond motifs is 1. The van der Waals surface area contributed by atoms with Crippen molar-refractivity contribution >= 4 is 18.7 Å². The maximum atomic E-state index is 12.0. The Labute approximate surface area is 179 Å². The molecule has 0 saturated carbocycles. The molecule has 158 valence electrons. The molecule has 1 unspecified atom stereocenters. The number of rotatable bonds is 4. The van der Waals surface area contributed by atoms with E-state index in [1.807, 2.05) is 30.3 Å². The van der Waals surface area contributed by atoms with Gasteiger partial charge in [-0.2, -0.15) is 0 Å². The monoisotopic (exact) mass is 407 g/mol. The smallest absolute Gasteiger partial charge is 0.465 e. The van der Waals surface area contributed by atoms with Gasteiger partial charge in [0.2, 0.25) is 0 Å². The molecule has 6 heteroatoms. The van der Waals surface area contributed by atoms with Crippen LogP contribution >= 0.6 is 0 Å². The number of aryl methyl sites for hydroxylation is 1. The summed E-state index contributed by atoms with van der Waals surface area (Å²) in [5, 5.41) is 9.86. The van der Waals surface area contributed by atoms with Crippen molar-refractivity contribution in [3.05, 3.63) is 65.2 Å². The Bertz CT molecular complexity index is 912. The lowest BCUT2D eigenvalue weighted by molar-refractivity contribution is 0.00578. The van der Waals surface area contributed by atoms with Crippen molar-refractivity contribution in [2.45, 2.75) is 70.7 Å². The second-order valence-electron chi connectivity index (χ2n) is 9.41. The largest absolute Gasteiger partial charge is 0.494 e. The predicted octanol–water partition coefficient (Wildman–Crippen LogP) is 4.02. The highest BCUT2D eigenvalue weighted by atomic mass is 16.7. The second kappa shape index (κ2) is 7.75. The van der Waals surface area contributed by atoms with Gasteiger partial charge in [0.1, 0.15) is 0 Å². The summed E-state index contributed by atoms with van der Waals surface area (Å²) in [7, 11) is -0.402. The van der Waals surface area contributed by atoms with Crippen LogP contribution in [-0.4, -0.2) is 40.5 Å². The number of benzene rings is 2. The van der Waals surface area contributed by atoms with Crippen molar-refractivity contribution in [1.82, 2.24) is 4.90 Å². The van der Waals surface area contributed by atoms with Crippen LogP contribution in [0, 0.1) is 0 Å². The van der Waals surface area contributed by atoms with Crippen molar-refractivity contribution in [2.24, 2.45) is 0 Å². The summed E-state index contributed by atoms with van der Waals surface area (Å²) < 4.78 is 12.4. The Morgan fingerprint density at radius 2 is 1.73 bits per heavy atom. The highest BCUT2D eigenvalue weighted by molar-refractivity contribution is 6.62. The van der Waals surface area contributed by atoms with E-state index < -0.39 is 13.2 Å². The summed E-state index contributed by atoms with van der Waals surface area (Å²) in [6, 6.07) is 16.1. The van der Waals surface area contributed by atoms with Gasteiger partial charge < -0.3 is 19.3 Å². The minimum atomic E-state index is -0.866.